The van der Waals surface area contributed by atoms with Crippen molar-refractivity contribution in [3.63, 3.8) is 0 Å². The van der Waals surface area contributed by atoms with Crippen LogP contribution in [0.25, 0.3) is 10.8 Å². The van der Waals surface area contributed by atoms with E-state index in [2.05, 4.69) is 12.2 Å². The Balaban J connectivity index is 1.49. The van der Waals surface area contributed by atoms with Gasteiger partial charge in [-0.15, -0.1) is 11.8 Å². The first kappa shape index (κ1) is 18.2. The Kier molecular flexibility index (Phi) is 6.08. The number of benzene rings is 3. The van der Waals surface area contributed by atoms with Crippen LogP contribution in [-0.4, -0.2) is 23.2 Å². The normalized spacial score (nSPS) is 10.7. The van der Waals surface area contributed by atoms with Crippen LogP contribution in [-0.2, 0) is 11.2 Å². The maximum Gasteiger partial charge on any atom is 0.234 e. The maximum absolute atomic E-state index is 12.3. The highest BCUT2D eigenvalue weighted by Crippen LogP contribution is 2.17. The fourth-order valence-electron chi connectivity index (χ4n) is 2.70. The zero-order chi connectivity index (χ0) is 18.4. The van der Waals surface area contributed by atoms with Gasteiger partial charge in [-0.25, -0.2) is 0 Å². The summed E-state index contributed by atoms with van der Waals surface area (Å²) in [6.45, 7) is 2.09. The number of hydrogen-bond acceptors (Lipinski definition) is 3. The molecule has 0 unspecified atom stereocenters. The summed E-state index contributed by atoms with van der Waals surface area (Å²) >= 11 is 1.34. The van der Waals surface area contributed by atoms with Crippen molar-refractivity contribution in [2.75, 3.05) is 16.8 Å². The average molecular weight is 363 g/mol. The number of nitrogens with one attached hydrogen (secondary N) is 1. The Hall–Kier alpha value is -2.59. The molecule has 4 heteroatoms. The molecule has 0 aromatic heterocycles. The van der Waals surface area contributed by atoms with Crippen LogP contribution in [0.2, 0.25) is 0 Å². The van der Waals surface area contributed by atoms with E-state index in [-0.39, 0.29) is 17.4 Å². The van der Waals surface area contributed by atoms with Gasteiger partial charge in [-0.05, 0) is 41.0 Å². The second kappa shape index (κ2) is 8.68. The predicted molar refractivity (Wildman–Crippen MR) is 110 cm³/mol. The number of thioether (sulfide) groups is 1. The molecule has 0 aliphatic carbocycles. The Morgan fingerprint density at radius 3 is 2.35 bits per heavy atom. The third kappa shape index (κ3) is 4.73. The molecular formula is C22H21NO2S. The third-order valence-electron chi connectivity index (χ3n) is 4.18. The van der Waals surface area contributed by atoms with Gasteiger partial charge >= 0.3 is 0 Å². The molecule has 1 N–H and O–H groups in total. The van der Waals surface area contributed by atoms with Gasteiger partial charge in [0.05, 0.1) is 11.5 Å². The third-order valence-corrected chi connectivity index (χ3v) is 5.12. The molecule has 0 aliphatic rings. The smallest absolute Gasteiger partial charge is 0.234 e. The van der Waals surface area contributed by atoms with Gasteiger partial charge in [-0.2, -0.15) is 0 Å². The highest BCUT2D eigenvalue weighted by atomic mass is 32.2. The lowest BCUT2D eigenvalue weighted by Crippen LogP contribution is -2.15. The summed E-state index contributed by atoms with van der Waals surface area (Å²) in [6, 6.07) is 21.5. The van der Waals surface area contributed by atoms with Gasteiger partial charge < -0.3 is 5.32 Å². The van der Waals surface area contributed by atoms with Crippen LogP contribution in [0, 0.1) is 0 Å². The van der Waals surface area contributed by atoms with Gasteiger partial charge in [0, 0.05) is 11.3 Å². The average Bonchev–Trinajstić information content (AvgIpc) is 2.68. The molecule has 0 saturated carbocycles. The quantitative estimate of drug-likeness (QED) is 0.604. The van der Waals surface area contributed by atoms with Crippen molar-refractivity contribution in [2.45, 2.75) is 13.3 Å². The topological polar surface area (TPSA) is 46.2 Å². The molecule has 0 bridgehead atoms. The van der Waals surface area contributed by atoms with E-state index < -0.39 is 0 Å². The van der Waals surface area contributed by atoms with Gasteiger partial charge in [-0.1, -0.05) is 55.5 Å². The Bertz CT molecular complexity index is 919. The Morgan fingerprint density at radius 1 is 0.885 bits per heavy atom. The lowest BCUT2D eigenvalue weighted by atomic mass is 10.1. The number of carbonyl (C=O) groups excluding carboxylic acids is 2. The maximum atomic E-state index is 12.3. The molecule has 0 spiro atoms. The summed E-state index contributed by atoms with van der Waals surface area (Å²) < 4.78 is 0. The molecule has 26 heavy (non-hydrogen) atoms. The minimum Gasteiger partial charge on any atom is -0.325 e. The number of aryl methyl sites for hydroxylation is 1. The number of carbonyl (C=O) groups is 2. The molecule has 3 aromatic rings. The van der Waals surface area contributed by atoms with E-state index in [1.807, 2.05) is 66.7 Å². The first-order chi connectivity index (χ1) is 12.7. The Labute approximate surface area is 157 Å². The fraction of sp³-hybridized carbons (Fsp3) is 0.182. The molecule has 0 atom stereocenters. The van der Waals surface area contributed by atoms with Crippen molar-refractivity contribution < 1.29 is 9.59 Å². The fourth-order valence-corrected chi connectivity index (χ4v) is 3.42. The van der Waals surface area contributed by atoms with Crippen molar-refractivity contribution in [1.82, 2.24) is 0 Å². The van der Waals surface area contributed by atoms with E-state index in [0.29, 0.717) is 11.3 Å². The minimum absolute atomic E-state index is 0.0425. The molecule has 132 valence electrons. The zero-order valence-electron chi connectivity index (χ0n) is 14.7. The molecule has 3 nitrogen and oxygen atoms in total. The number of anilines is 1. The SMILES string of the molecule is CCc1ccc(NC(=O)CSCC(=O)c2ccc3ccccc3c2)cc1. The van der Waals surface area contributed by atoms with Crippen molar-refractivity contribution in [2.24, 2.45) is 0 Å². The molecular weight excluding hydrogens is 342 g/mol. The zero-order valence-corrected chi connectivity index (χ0v) is 15.5. The van der Waals surface area contributed by atoms with E-state index in [1.54, 1.807) is 0 Å². The summed E-state index contributed by atoms with van der Waals surface area (Å²) in [7, 11) is 0. The lowest BCUT2D eigenvalue weighted by Gasteiger charge is -2.06. The lowest BCUT2D eigenvalue weighted by molar-refractivity contribution is -0.113. The van der Waals surface area contributed by atoms with E-state index in [1.165, 1.54) is 17.3 Å². The first-order valence-corrected chi connectivity index (χ1v) is 9.79. The van der Waals surface area contributed by atoms with Gasteiger partial charge in [0.1, 0.15) is 0 Å². The predicted octanol–water partition coefficient (Wildman–Crippen LogP) is 4.96. The van der Waals surface area contributed by atoms with Gasteiger partial charge in [0.25, 0.3) is 0 Å². The monoisotopic (exact) mass is 363 g/mol. The van der Waals surface area contributed by atoms with E-state index in [0.717, 1.165) is 22.9 Å². The van der Waals surface area contributed by atoms with Crippen molar-refractivity contribution in [3.05, 3.63) is 77.9 Å². The number of hydrogen-bond donors (Lipinski definition) is 1. The van der Waals surface area contributed by atoms with Crippen molar-refractivity contribution >= 4 is 39.9 Å². The first-order valence-electron chi connectivity index (χ1n) is 8.64. The second-order valence-corrected chi connectivity index (χ2v) is 7.06. The van der Waals surface area contributed by atoms with Gasteiger partial charge in [-0.3, -0.25) is 9.59 Å². The van der Waals surface area contributed by atoms with Crippen LogP contribution in [0.15, 0.2) is 66.7 Å². The van der Waals surface area contributed by atoms with Crippen LogP contribution >= 0.6 is 11.8 Å². The molecule has 0 fully saturated rings. The van der Waals surface area contributed by atoms with Crippen molar-refractivity contribution in [1.29, 1.82) is 0 Å². The molecule has 0 aliphatic heterocycles. The summed E-state index contributed by atoms with van der Waals surface area (Å²) in [6.07, 6.45) is 0.973. The Morgan fingerprint density at radius 2 is 1.62 bits per heavy atom. The van der Waals surface area contributed by atoms with Gasteiger partial charge in [0.15, 0.2) is 5.78 Å². The number of ketones is 1. The molecule has 0 heterocycles. The largest absolute Gasteiger partial charge is 0.325 e. The van der Waals surface area contributed by atoms with E-state index in [9.17, 15) is 9.59 Å². The molecule has 3 rings (SSSR count). The van der Waals surface area contributed by atoms with E-state index >= 15 is 0 Å². The summed E-state index contributed by atoms with van der Waals surface area (Å²) in [5.74, 6) is 0.501. The standard InChI is InChI=1S/C22H21NO2S/c1-2-16-7-11-20(12-8-16)23-22(25)15-26-14-21(24)19-10-9-17-5-3-4-6-18(17)13-19/h3-13H,2,14-15H2,1H3,(H,23,25). The molecule has 3 aromatic carbocycles. The van der Waals surface area contributed by atoms with Crippen LogP contribution < -0.4 is 5.32 Å². The van der Waals surface area contributed by atoms with Gasteiger partial charge in [0.2, 0.25) is 5.91 Å². The highest BCUT2D eigenvalue weighted by molar-refractivity contribution is 8.00. The molecule has 0 radical (unpaired) electrons. The van der Waals surface area contributed by atoms with Crippen LogP contribution in [0.4, 0.5) is 5.69 Å². The minimum atomic E-state index is -0.0921. The molecule has 1 amide bonds. The number of amides is 1. The van der Waals surface area contributed by atoms with Crippen LogP contribution in [0.5, 0.6) is 0 Å². The van der Waals surface area contributed by atoms with E-state index in [4.69, 9.17) is 0 Å². The second-order valence-electron chi connectivity index (χ2n) is 6.08. The molecule has 0 saturated heterocycles. The summed E-state index contributed by atoms with van der Waals surface area (Å²) in [4.78, 5) is 24.4. The summed E-state index contributed by atoms with van der Waals surface area (Å²) in [5.41, 5.74) is 2.71. The van der Waals surface area contributed by atoms with Crippen molar-refractivity contribution in [3.8, 4) is 0 Å². The number of Topliss-reactive ketones (excluding diaryl/α,β-unsaturated/α-hetero) is 1. The summed E-state index contributed by atoms with van der Waals surface area (Å²) in [5, 5.41) is 5.03. The number of rotatable bonds is 7. The number of fused-ring (bicyclic) bond motifs is 1. The highest BCUT2D eigenvalue weighted by Gasteiger charge is 2.09. The van der Waals surface area contributed by atoms with Crippen LogP contribution in [0.1, 0.15) is 22.8 Å². The van der Waals surface area contributed by atoms with Crippen LogP contribution in [0.3, 0.4) is 0 Å².